The molecule has 4 nitrogen and oxygen atoms in total. The van der Waals surface area contributed by atoms with E-state index in [1.54, 1.807) is 13.8 Å². The Kier molecular flexibility index (Phi) is 22.8. The Balaban J connectivity index is 1.85. The standard InChI is InChI=1S/C52H74O4/c1-12-49(53)55-51-45(11)46(52(56-50(54)13-2)48-35-15-14-34-47(48)51)37-36-44(10)33-21-32-43(9)31-20-30-42(8)29-19-28-41(7)27-18-26-40(6)25-17-24-39(5)23-16-22-38(3)4/h14-15,22,24,26,28,30,32,34-36H,12-13,16-21,23,25,27,29,31,33,37H2,1-11H3. The summed E-state index contributed by atoms with van der Waals surface area (Å²) in [6, 6.07) is 7.67. The molecule has 0 aliphatic heterocycles. The fourth-order valence-electron chi connectivity index (χ4n) is 6.63. The monoisotopic (exact) mass is 763 g/mol. The zero-order valence-corrected chi connectivity index (χ0v) is 37.1. The number of rotatable bonds is 24. The highest BCUT2D eigenvalue weighted by Crippen LogP contribution is 2.41. The lowest BCUT2D eigenvalue weighted by molar-refractivity contribution is -0.135. The predicted molar refractivity (Wildman–Crippen MR) is 242 cm³/mol. The second-order valence-electron chi connectivity index (χ2n) is 16.0. The van der Waals surface area contributed by atoms with Crippen LogP contribution in [0.15, 0.2) is 106 Å². The molecule has 2 aromatic rings. The van der Waals surface area contributed by atoms with Gasteiger partial charge in [0.1, 0.15) is 11.5 Å². The van der Waals surface area contributed by atoms with E-state index in [-0.39, 0.29) is 24.8 Å². The van der Waals surface area contributed by atoms with Crippen LogP contribution >= 0.6 is 0 Å². The van der Waals surface area contributed by atoms with Gasteiger partial charge in [-0.05, 0) is 151 Å². The van der Waals surface area contributed by atoms with E-state index in [9.17, 15) is 9.59 Å². The van der Waals surface area contributed by atoms with Gasteiger partial charge in [-0.2, -0.15) is 0 Å². The summed E-state index contributed by atoms with van der Waals surface area (Å²) < 4.78 is 11.8. The summed E-state index contributed by atoms with van der Waals surface area (Å²) in [5, 5.41) is 1.55. The molecule has 0 bridgehead atoms. The molecule has 0 aliphatic rings. The lowest BCUT2D eigenvalue weighted by Gasteiger charge is -2.19. The van der Waals surface area contributed by atoms with Crippen molar-refractivity contribution in [2.24, 2.45) is 0 Å². The molecule has 0 spiro atoms. The van der Waals surface area contributed by atoms with Crippen molar-refractivity contribution in [3.8, 4) is 11.5 Å². The largest absolute Gasteiger partial charge is 0.426 e. The molecule has 0 saturated carbocycles. The lowest BCUT2D eigenvalue weighted by Crippen LogP contribution is -2.12. The number of ether oxygens (including phenoxy) is 2. The van der Waals surface area contributed by atoms with Crippen LogP contribution in [0.25, 0.3) is 10.8 Å². The Morgan fingerprint density at radius 2 is 0.804 bits per heavy atom. The van der Waals surface area contributed by atoms with Gasteiger partial charge in [-0.15, -0.1) is 0 Å². The minimum absolute atomic E-state index is 0.279. The highest BCUT2D eigenvalue weighted by molar-refractivity contribution is 5.98. The molecule has 0 fully saturated rings. The summed E-state index contributed by atoms with van der Waals surface area (Å²) >= 11 is 0. The van der Waals surface area contributed by atoms with E-state index >= 15 is 0 Å². The van der Waals surface area contributed by atoms with Crippen LogP contribution in [0.5, 0.6) is 11.5 Å². The molecule has 0 aromatic heterocycles. The summed E-state index contributed by atoms with van der Waals surface area (Å²) in [4.78, 5) is 24.9. The van der Waals surface area contributed by atoms with Gasteiger partial charge < -0.3 is 9.47 Å². The van der Waals surface area contributed by atoms with Crippen LogP contribution in [-0.2, 0) is 16.0 Å². The number of fused-ring (bicyclic) bond motifs is 1. The molecule has 0 atom stereocenters. The van der Waals surface area contributed by atoms with Crippen molar-refractivity contribution < 1.29 is 19.1 Å². The fourth-order valence-corrected chi connectivity index (χ4v) is 6.63. The van der Waals surface area contributed by atoms with Crippen molar-refractivity contribution in [2.75, 3.05) is 0 Å². The highest BCUT2D eigenvalue weighted by atomic mass is 16.5. The van der Waals surface area contributed by atoms with Gasteiger partial charge in [0.2, 0.25) is 0 Å². The van der Waals surface area contributed by atoms with Crippen LogP contribution in [0, 0.1) is 6.92 Å². The summed E-state index contributed by atoms with van der Waals surface area (Å²) in [5.74, 6) is 0.534. The molecular formula is C52H74O4. The maximum absolute atomic E-state index is 12.5. The van der Waals surface area contributed by atoms with Crippen molar-refractivity contribution in [1.82, 2.24) is 0 Å². The van der Waals surface area contributed by atoms with Crippen LogP contribution in [0.4, 0.5) is 0 Å². The van der Waals surface area contributed by atoms with E-state index in [1.165, 1.54) is 45.4 Å². The first kappa shape index (κ1) is 48.0. The van der Waals surface area contributed by atoms with Crippen LogP contribution in [0.3, 0.4) is 0 Å². The van der Waals surface area contributed by atoms with E-state index in [0.29, 0.717) is 17.9 Å². The van der Waals surface area contributed by atoms with E-state index in [0.717, 1.165) is 92.5 Å². The fraction of sp³-hybridized carbons (Fsp3) is 0.500. The third-order valence-electron chi connectivity index (χ3n) is 10.4. The van der Waals surface area contributed by atoms with E-state index in [4.69, 9.17) is 9.47 Å². The third-order valence-corrected chi connectivity index (χ3v) is 10.4. The second kappa shape index (κ2) is 26.6. The van der Waals surface area contributed by atoms with Gasteiger partial charge in [-0.3, -0.25) is 9.59 Å². The van der Waals surface area contributed by atoms with Gasteiger partial charge in [-0.25, -0.2) is 0 Å². The first-order valence-electron chi connectivity index (χ1n) is 21.3. The topological polar surface area (TPSA) is 52.6 Å². The summed E-state index contributed by atoms with van der Waals surface area (Å²) in [6.07, 6.45) is 31.0. The van der Waals surface area contributed by atoms with Crippen molar-refractivity contribution >= 4 is 22.7 Å². The molecule has 0 saturated heterocycles. The number of benzene rings is 2. The minimum atomic E-state index is -0.287. The average molecular weight is 763 g/mol. The van der Waals surface area contributed by atoms with Crippen molar-refractivity contribution in [3.05, 3.63) is 117 Å². The van der Waals surface area contributed by atoms with Gasteiger partial charge >= 0.3 is 11.9 Å². The lowest BCUT2D eigenvalue weighted by atomic mass is 9.95. The number of carbonyl (C=O) groups is 2. The first-order chi connectivity index (χ1) is 26.7. The van der Waals surface area contributed by atoms with Crippen molar-refractivity contribution in [3.63, 3.8) is 0 Å². The van der Waals surface area contributed by atoms with E-state index in [2.05, 4.69) is 97.9 Å². The third kappa shape index (κ3) is 18.6. The highest BCUT2D eigenvalue weighted by Gasteiger charge is 2.21. The smallest absolute Gasteiger partial charge is 0.310 e. The van der Waals surface area contributed by atoms with Crippen LogP contribution in [-0.4, -0.2) is 11.9 Å². The molecule has 306 valence electrons. The van der Waals surface area contributed by atoms with Gasteiger partial charge in [0.25, 0.3) is 0 Å². The quantitative estimate of drug-likeness (QED) is 0.0607. The summed E-state index contributed by atoms with van der Waals surface area (Å²) in [7, 11) is 0. The van der Waals surface area contributed by atoms with Crippen LogP contribution < -0.4 is 9.47 Å². The Labute approximate surface area is 341 Å². The number of hydrogen-bond acceptors (Lipinski definition) is 4. The average Bonchev–Trinajstić information content (AvgIpc) is 3.15. The number of hydrogen-bond donors (Lipinski definition) is 0. The van der Waals surface area contributed by atoms with Gasteiger partial charge in [0.05, 0.1) is 0 Å². The summed E-state index contributed by atoms with van der Waals surface area (Å²) in [5.41, 5.74) is 11.8. The Bertz CT molecular complexity index is 1800. The molecule has 4 heteroatoms. The van der Waals surface area contributed by atoms with Gasteiger partial charge in [0.15, 0.2) is 0 Å². The molecule has 56 heavy (non-hydrogen) atoms. The van der Waals surface area contributed by atoms with Crippen LogP contribution in [0.1, 0.15) is 170 Å². The zero-order chi connectivity index (χ0) is 41.5. The summed E-state index contributed by atoms with van der Waals surface area (Å²) in [6.45, 7) is 23.4. The molecule has 0 radical (unpaired) electrons. The van der Waals surface area contributed by atoms with Crippen LogP contribution in [0.2, 0.25) is 0 Å². The molecule has 0 heterocycles. The normalized spacial score (nSPS) is 13.3. The van der Waals surface area contributed by atoms with E-state index in [1.807, 2.05) is 31.2 Å². The maximum Gasteiger partial charge on any atom is 0.310 e. The molecule has 0 amide bonds. The molecule has 0 N–H and O–H groups in total. The van der Waals surface area contributed by atoms with Crippen molar-refractivity contribution in [1.29, 1.82) is 0 Å². The Morgan fingerprint density at radius 1 is 0.482 bits per heavy atom. The molecule has 0 aliphatic carbocycles. The molecular weight excluding hydrogens is 689 g/mol. The van der Waals surface area contributed by atoms with Gasteiger partial charge in [-0.1, -0.05) is 120 Å². The van der Waals surface area contributed by atoms with Crippen molar-refractivity contribution in [2.45, 2.75) is 172 Å². The first-order valence-corrected chi connectivity index (χ1v) is 21.3. The van der Waals surface area contributed by atoms with Gasteiger partial charge in [0, 0.05) is 29.2 Å². The molecule has 0 unspecified atom stereocenters. The van der Waals surface area contributed by atoms with E-state index < -0.39 is 0 Å². The Morgan fingerprint density at radius 3 is 1.16 bits per heavy atom. The number of esters is 2. The molecule has 2 aromatic carbocycles. The molecule has 2 rings (SSSR count). The zero-order valence-electron chi connectivity index (χ0n) is 37.1. The number of carbonyl (C=O) groups excluding carboxylic acids is 2. The Hall–Kier alpha value is -4.18. The second-order valence-corrected chi connectivity index (χ2v) is 16.0. The maximum atomic E-state index is 12.5. The SMILES string of the molecule is CCC(=O)Oc1c(C)c(CC=C(C)CCC=C(C)CCC=C(C)CCC=C(C)CCC=C(C)CCC=C(C)CCC=C(C)C)c(OC(=O)CC)c2ccccc12. The number of allylic oxidation sites excluding steroid dienone is 14. The minimum Gasteiger partial charge on any atom is -0.426 e. The predicted octanol–water partition coefficient (Wildman–Crippen LogP) is 15.6.